The molecule has 0 heterocycles. The van der Waals surface area contributed by atoms with Crippen LogP contribution in [0.3, 0.4) is 0 Å². The third-order valence-electron chi connectivity index (χ3n) is 8.02. The van der Waals surface area contributed by atoms with Crippen molar-refractivity contribution in [2.24, 2.45) is 16.7 Å². The Kier molecular flexibility index (Phi) is 9.82. The highest BCUT2D eigenvalue weighted by atomic mass is 35.5. The van der Waals surface area contributed by atoms with Gasteiger partial charge in [0, 0.05) is 24.6 Å². The molecule has 1 saturated carbocycles. The van der Waals surface area contributed by atoms with Gasteiger partial charge in [-0.2, -0.15) is 5.26 Å². The summed E-state index contributed by atoms with van der Waals surface area (Å²) in [5.74, 6) is -2.89. The highest BCUT2D eigenvalue weighted by molar-refractivity contribution is 6.40. The summed E-state index contributed by atoms with van der Waals surface area (Å²) in [7, 11) is 0. The monoisotopic (exact) mass is 586 g/mol. The first kappa shape index (κ1) is 30.9. The summed E-state index contributed by atoms with van der Waals surface area (Å²) in [6.07, 6.45) is 1.10. The standard InChI is InChI=1S/C29H32Cl2N4O5/c1-28(2)19(12-13-29(28,3)27(40)33-15-5-14-32)24(36)35-22(26(38)39)16-17-8-10-18(11-9-17)34-25(37)23-20(30)6-4-7-21(23)31/h4,6-11,19,22H,5,12-13,15-16H2,1-3H3,(H,33,40)(H,34,37)(H,35,36)(H,38,39)/t19?,22-,29?/m0/s1. The summed E-state index contributed by atoms with van der Waals surface area (Å²) in [4.78, 5) is 50.9. The number of nitrogens with one attached hydrogen (secondary N) is 3. The van der Waals surface area contributed by atoms with Gasteiger partial charge in [-0.05, 0) is 48.1 Å². The Balaban J connectivity index is 1.66. The number of amides is 3. The summed E-state index contributed by atoms with van der Waals surface area (Å²) in [6, 6.07) is 12.1. The first-order valence-corrected chi connectivity index (χ1v) is 13.6. The SMILES string of the molecule is CC1(C(=O)NCCC#N)CCC(C(=O)N[C@@H](Cc2ccc(NC(=O)c3c(Cl)cccc3Cl)cc2)C(=O)O)C1(C)C. The van der Waals surface area contributed by atoms with Crippen LogP contribution < -0.4 is 16.0 Å². The van der Waals surface area contributed by atoms with E-state index in [-0.39, 0.29) is 40.9 Å². The molecular weight excluding hydrogens is 555 g/mol. The molecule has 2 aromatic rings. The predicted molar refractivity (Wildman–Crippen MR) is 152 cm³/mol. The number of nitrogens with zero attached hydrogens (tertiary/aromatic N) is 1. The van der Waals surface area contributed by atoms with Crippen molar-refractivity contribution in [3.8, 4) is 6.07 Å². The molecule has 2 aromatic carbocycles. The van der Waals surface area contributed by atoms with E-state index in [1.807, 2.05) is 19.9 Å². The van der Waals surface area contributed by atoms with Gasteiger partial charge in [-0.15, -0.1) is 0 Å². The van der Waals surface area contributed by atoms with Crippen molar-refractivity contribution in [2.45, 2.75) is 52.5 Å². The van der Waals surface area contributed by atoms with Gasteiger partial charge in [-0.3, -0.25) is 14.4 Å². The molecule has 212 valence electrons. The fourth-order valence-electron chi connectivity index (χ4n) is 5.13. The second kappa shape index (κ2) is 12.7. The van der Waals surface area contributed by atoms with Crippen molar-refractivity contribution in [3.05, 3.63) is 63.6 Å². The van der Waals surface area contributed by atoms with E-state index in [2.05, 4.69) is 16.0 Å². The minimum Gasteiger partial charge on any atom is -0.480 e. The summed E-state index contributed by atoms with van der Waals surface area (Å²) in [6.45, 7) is 5.71. The van der Waals surface area contributed by atoms with Crippen molar-refractivity contribution in [2.75, 3.05) is 11.9 Å². The molecule has 3 amide bonds. The van der Waals surface area contributed by atoms with Gasteiger partial charge in [0.15, 0.2) is 0 Å². The number of carboxylic acid groups (broad SMARTS) is 1. The third-order valence-corrected chi connectivity index (χ3v) is 8.65. The van der Waals surface area contributed by atoms with E-state index in [0.717, 1.165) is 0 Å². The fraction of sp³-hybridized carbons (Fsp3) is 0.414. The van der Waals surface area contributed by atoms with E-state index < -0.39 is 40.6 Å². The zero-order valence-electron chi connectivity index (χ0n) is 22.5. The van der Waals surface area contributed by atoms with E-state index in [1.165, 1.54) is 0 Å². The number of carbonyl (C=O) groups is 4. The Labute approximate surface area is 243 Å². The summed E-state index contributed by atoms with van der Waals surface area (Å²) >= 11 is 12.2. The molecule has 0 radical (unpaired) electrons. The van der Waals surface area contributed by atoms with Crippen LogP contribution in [0, 0.1) is 28.1 Å². The zero-order chi connectivity index (χ0) is 29.7. The number of hydrogen-bond donors (Lipinski definition) is 4. The summed E-state index contributed by atoms with van der Waals surface area (Å²) in [5, 5.41) is 27.2. The molecule has 0 bridgehead atoms. The maximum atomic E-state index is 13.3. The van der Waals surface area contributed by atoms with Crippen LogP contribution in [0.4, 0.5) is 5.69 Å². The molecule has 1 aliphatic carbocycles. The minimum absolute atomic E-state index is 0.0186. The number of carboxylic acids is 1. The molecule has 0 aliphatic heterocycles. The minimum atomic E-state index is -1.19. The average molecular weight is 588 g/mol. The lowest BCUT2D eigenvalue weighted by molar-refractivity contribution is -0.145. The number of hydrogen-bond acceptors (Lipinski definition) is 5. The van der Waals surface area contributed by atoms with Crippen LogP contribution in [0.5, 0.6) is 0 Å². The molecule has 3 atom stereocenters. The smallest absolute Gasteiger partial charge is 0.326 e. The lowest BCUT2D eigenvalue weighted by Crippen LogP contribution is -2.51. The van der Waals surface area contributed by atoms with Crippen LogP contribution in [0.15, 0.2) is 42.5 Å². The highest BCUT2D eigenvalue weighted by Crippen LogP contribution is 2.56. The molecule has 9 nitrogen and oxygen atoms in total. The van der Waals surface area contributed by atoms with E-state index in [1.54, 1.807) is 49.4 Å². The highest BCUT2D eigenvalue weighted by Gasteiger charge is 2.58. The topological polar surface area (TPSA) is 148 Å². The van der Waals surface area contributed by atoms with E-state index in [4.69, 9.17) is 28.5 Å². The Hall–Kier alpha value is -3.61. The summed E-state index contributed by atoms with van der Waals surface area (Å²) in [5.41, 5.74) is -0.359. The third kappa shape index (κ3) is 6.57. The first-order valence-electron chi connectivity index (χ1n) is 12.8. The number of benzene rings is 2. The Morgan fingerprint density at radius 1 is 1.07 bits per heavy atom. The van der Waals surface area contributed by atoms with Gasteiger partial charge in [0.2, 0.25) is 11.8 Å². The molecule has 2 unspecified atom stereocenters. The van der Waals surface area contributed by atoms with E-state index >= 15 is 0 Å². The quantitative estimate of drug-likeness (QED) is 0.293. The van der Waals surface area contributed by atoms with Gasteiger partial charge < -0.3 is 21.1 Å². The predicted octanol–water partition coefficient (Wildman–Crippen LogP) is 4.83. The molecule has 1 aliphatic rings. The van der Waals surface area contributed by atoms with Gasteiger partial charge in [0.25, 0.3) is 5.91 Å². The normalized spacial score (nSPS) is 20.1. The van der Waals surface area contributed by atoms with Crippen molar-refractivity contribution in [1.29, 1.82) is 5.26 Å². The second-order valence-corrected chi connectivity index (χ2v) is 11.5. The molecular formula is C29H32Cl2N4O5. The molecule has 4 N–H and O–H groups in total. The van der Waals surface area contributed by atoms with E-state index in [0.29, 0.717) is 24.1 Å². The van der Waals surface area contributed by atoms with Crippen molar-refractivity contribution in [3.63, 3.8) is 0 Å². The molecule has 40 heavy (non-hydrogen) atoms. The zero-order valence-corrected chi connectivity index (χ0v) is 24.0. The van der Waals surface area contributed by atoms with Crippen molar-refractivity contribution >= 4 is 52.6 Å². The van der Waals surface area contributed by atoms with Crippen LogP contribution in [0.2, 0.25) is 10.0 Å². The van der Waals surface area contributed by atoms with Crippen LogP contribution in [0.25, 0.3) is 0 Å². The molecule has 0 aromatic heterocycles. The number of anilines is 1. The van der Waals surface area contributed by atoms with Crippen LogP contribution >= 0.6 is 23.2 Å². The van der Waals surface area contributed by atoms with Gasteiger partial charge in [-0.1, -0.05) is 62.2 Å². The number of halogens is 2. The lowest BCUT2D eigenvalue weighted by Gasteiger charge is -2.40. The molecule has 0 spiro atoms. The van der Waals surface area contributed by atoms with Crippen molar-refractivity contribution in [1.82, 2.24) is 10.6 Å². The van der Waals surface area contributed by atoms with Crippen molar-refractivity contribution < 1.29 is 24.3 Å². The number of rotatable bonds is 10. The molecule has 1 fully saturated rings. The largest absolute Gasteiger partial charge is 0.480 e. The maximum Gasteiger partial charge on any atom is 0.326 e. The number of carbonyl (C=O) groups excluding carboxylic acids is 3. The lowest BCUT2D eigenvalue weighted by atomic mass is 9.65. The number of aliphatic carboxylic acids is 1. The van der Waals surface area contributed by atoms with Gasteiger partial charge in [-0.25, -0.2) is 4.79 Å². The van der Waals surface area contributed by atoms with Crippen LogP contribution in [-0.4, -0.2) is 41.4 Å². The Morgan fingerprint density at radius 3 is 2.27 bits per heavy atom. The summed E-state index contributed by atoms with van der Waals surface area (Å²) < 4.78 is 0. The average Bonchev–Trinajstić information content (AvgIpc) is 3.14. The molecule has 11 heteroatoms. The van der Waals surface area contributed by atoms with Crippen LogP contribution in [-0.2, 0) is 20.8 Å². The Morgan fingerprint density at radius 2 is 1.70 bits per heavy atom. The van der Waals surface area contributed by atoms with Crippen LogP contribution in [0.1, 0.15) is 56.0 Å². The second-order valence-electron chi connectivity index (χ2n) is 10.7. The van der Waals surface area contributed by atoms with E-state index in [9.17, 15) is 24.3 Å². The first-order chi connectivity index (χ1) is 18.8. The number of nitriles is 1. The Bertz CT molecular complexity index is 1320. The molecule has 0 saturated heterocycles. The van der Waals surface area contributed by atoms with Gasteiger partial charge in [0.1, 0.15) is 6.04 Å². The maximum absolute atomic E-state index is 13.3. The van der Waals surface area contributed by atoms with Gasteiger partial charge in [0.05, 0.1) is 33.5 Å². The fourth-order valence-corrected chi connectivity index (χ4v) is 5.70. The van der Waals surface area contributed by atoms with Gasteiger partial charge >= 0.3 is 5.97 Å². The molecule has 3 rings (SSSR count).